The SMILES string of the molecule is O=C1c2ccccc2[C@@H](c2c(-c3ccc(Br)cc3)[nH]c3ccccc23)N1Cc1ccc2c(c1)OCO2. The van der Waals surface area contributed by atoms with Gasteiger partial charge in [-0.1, -0.05) is 70.5 Å². The van der Waals surface area contributed by atoms with Gasteiger partial charge < -0.3 is 19.4 Å². The van der Waals surface area contributed by atoms with Gasteiger partial charge in [-0.15, -0.1) is 0 Å². The first-order valence-corrected chi connectivity index (χ1v) is 12.6. The summed E-state index contributed by atoms with van der Waals surface area (Å²) < 4.78 is 12.1. The highest BCUT2D eigenvalue weighted by molar-refractivity contribution is 9.10. The number of fused-ring (bicyclic) bond motifs is 3. The molecule has 2 aliphatic rings. The van der Waals surface area contributed by atoms with E-state index < -0.39 is 0 Å². The van der Waals surface area contributed by atoms with Crippen molar-refractivity contribution in [2.45, 2.75) is 12.6 Å². The van der Waals surface area contributed by atoms with Crippen LogP contribution in [0, 0.1) is 0 Å². The number of rotatable bonds is 4. The third-order valence-corrected chi connectivity index (χ3v) is 7.53. The number of amides is 1. The minimum atomic E-state index is -0.242. The van der Waals surface area contributed by atoms with E-state index >= 15 is 0 Å². The van der Waals surface area contributed by atoms with Crippen molar-refractivity contribution in [2.24, 2.45) is 0 Å². The van der Waals surface area contributed by atoms with Crippen LogP contribution in [0.1, 0.15) is 33.1 Å². The van der Waals surface area contributed by atoms with Gasteiger partial charge in [0.2, 0.25) is 6.79 Å². The number of halogens is 1. The van der Waals surface area contributed by atoms with Crippen LogP contribution in [-0.2, 0) is 6.54 Å². The summed E-state index contributed by atoms with van der Waals surface area (Å²) in [4.78, 5) is 19.4. The van der Waals surface area contributed by atoms with Crippen molar-refractivity contribution < 1.29 is 14.3 Å². The molecule has 5 aromatic rings. The maximum atomic E-state index is 13.8. The number of nitrogens with one attached hydrogen (secondary N) is 1. The minimum absolute atomic E-state index is 0.0281. The number of aromatic amines is 1. The van der Waals surface area contributed by atoms with Gasteiger partial charge in [0.1, 0.15) is 0 Å². The smallest absolute Gasteiger partial charge is 0.255 e. The van der Waals surface area contributed by atoms with Crippen LogP contribution >= 0.6 is 15.9 Å². The largest absolute Gasteiger partial charge is 0.454 e. The molecule has 1 N–H and O–H groups in total. The number of hydrogen-bond acceptors (Lipinski definition) is 3. The Labute approximate surface area is 216 Å². The fourth-order valence-corrected chi connectivity index (χ4v) is 5.64. The topological polar surface area (TPSA) is 54.6 Å². The van der Waals surface area contributed by atoms with Gasteiger partial charge in [0.05, 0.1) is 11.7 Å². The summed E-state index contributed by atoms with van der Waals surface area (Å²) in [5.41, 5.74) is 7.01. The van der Waals surface area contributed by atoms with Crippen molar-refractivity contribution in [2.75, 3.05) is 6.79 Å². The maximum Gasteiger partial charge on any atom is 0.255 e. The van der Waals surface area contributed by atoms with Gasteiger partial charge in [-0.2, -0.15) is 0 Å². The number of hydrogen-bond donors (Lipinski definition) is 1. The first-order chi connectivity index (χ1) is 17.7. The van der Waals surface area contributed by atoms with E-state index in [1.807, 2.05) is 59.5 Å². The van der Waals surface area contributed by atoms with Crippen molar-refractivity contribution in [1.29, 1.82) is 0 Å². The van der Waals surface area contributed by atoms with E-state index in [1.54, 1.807) is 0 Å². The molecule has 0 bridgehead atoms. The summed E-state index contributed by atoms with van der Waals surface area (Å²) in [5.74, 6) is 1.48. The van der Waals surface area contributed by atoms with Gasteiger partial charge in [-0.05, 0) is 53.1 Å². The van der Waals surface area contributed by atoms with E-state index in [0.717, 1.165) is 60.4 Å². The van der Waals surface area contributed by atoms with Crippen molar-refractivity contribution >= 4 is 32.7 Å². The fourth-order valence-electron chi connectivity index (χ4n) is 5.37. The summed E-state index contributed by atoms with van der Waals surface area (Å²) in [6.07, 6.45) is 0. The van der Waals surface area contributed by atoms with Crippen molar-refractivity contribution in [3.05, 3.63) is 118 Å². The average molecular weight is 537 g/mol. The van der Waals surface area contributed by atoms with Crippen LogP contribution in [0.15, 0.2) is 95.5 Å². The Morgan fingerprint density at radius 1 is 0.889 bits per heavy atom. The molecule has 0 saturated carbocycles. The lowest BCUT2D eigenvalue weighted by Crippen LogP contribution is -2.28. The Morgan fingerprint density at radius 2 is 1.67 bits per heavy atom. The number of para-hydroxylation sites is 1. The van der Waals surface area contributed by atoms with E-state index in [9.17, 15) is 4.79 Å². The number of ether oxygens (including phenoxy) is 2. The monoisotopic (exact) mass is 536 g/mol. The van der Waals surface area contributed by atoms with Crippen molar-refractivity contribution in [1.82, 2.24) is 9.88 Å². The molecule has 0 radical (unpaired) electrons. The first-order valence-electron chi connectivity index (χ1n) is 11.8. The second-order valence-corrected chi connectivity index (χ2v) is 9.99. The number of carbonyl (C=O) groups is 1. The molecule has 1 aromatic heterocycles. The molecule has 0 fully saturated rings. The quantitative estimate of drug-likeness (QED) is 0.267. The first kappa shape index (κ1) is 21.3. The zero-order valence-corrected chi connectivity index (χ0v) is 20.8. The molecular formula is C30H21BrN2O3. The van der Waals surface area contributed by atoms with E-state index in [4.69, 9.17) is 9.47 Å². The molecule has 7 rings (SSSR count). The van der Waals surface area contributed by atoms with Crippen LogP contribution in [0.5, 0.6) is 11.5 Å². The molecule has 36 heavy (non-hydrogen) atoms. The molecule has 0 spiro atoms. The molecule has 0 unspecified atom stereocenters. The summed E-state index contributed by atoms with van der Waals surface area (Å²) in [6, 6.07) is 30.2. The van der Waals surface area contributed by atoms with Crippen LogP contribution in [0.3, 0.4) is 0 Å². The number of aromatic nitrogens is 1. The van der Waals surface area contributed by atoms with Gasteiger partial charge in [-0.25, -0.2) is 0 Å². The fraction of sp³-hybridized carbons (Fsp3) is 0.100. The Morgan fingerprint density at radius 3 is 2.56 bits per heavy atom. The van der Waals surface area contributed by atoms with Gasteiger partial charge in [0.25, 0.3) is 5.91 Å². The van der Waals surface area contributed by atoms with Crippen LogP contribution < -0.4 is 9.47 Å². The highest BCUT2D eigenvalue weighted by Crippen LogP contribution is 2.46. The number of carbonyl (C=O) groups excluding carboxylic acids is 1. The lowest BCUT2D eigenvalue weighted by Gasteiger charge is -2.27. The summed E-state index contributed by atoms with van der Waals surface area (Å²) >= 11 is 3.55. The normalized spacial score (nSPS) is 16.1. The molecule has 4 aromatic carbocycles. The Hall–Kier alpha value is -4.03. The average Bonchev–Trinajstić information content (AvgIpc) is 3.59. The number of H-pyrrole nitrogens is 1. The predicted octanol–water partition coefficient (Wildman–Crippen LogP) is 7.07. The third kappa shape index (κ3) is 3.33. The Kier molecular flexibility index (Phi) is 4.89. The van der Waals surface area contributed by atoms with Gasteiger partial charge in [-0.3, -0.25) is 4.79 Å². The summed E-state index contributed by atoms with van der Waals surface area (Å²) in [7, 11) is 0. The molecule has 0 aliphatic carbocycles. The van der Waals surface area contributed by atoms with Crippen LogP contribution in [0.25, 0.3) is 22.2 Å². The van der Waals surface area contributed by atoms with Gasteiger partial charge in [0, 0.05) is 33.0 Å². The van der Waals surface area contributed by atoms with Crippen molar-refractivity contribution in [3.8, 4) is 22.8 Å². The van der Waals surface area contributed by atoms with Crippen LogP contribution in [-0.4, -0.2) is 22.6 Å². The highest BCUT2D eigenvalue weighted by atomic mass is 79.9. The molecule has 0 saturated heterocycles. The molecular weight excluding hydrogens is 516 g/mol. The van der Waals surface area contributed by atoms with Crippen LogP contribution in [0.2, 0.25) is 0 Å². The maximum absolute atomic E-state index is 13.8. The van der Waals surface area contributed by atoms with Crippen molar-refractivity contribution in [3.63, 3.8) is 0 Å². The van der Waals surface area contributed by atoms with E-state index in [1.165, 1.54) is 0 Å². The summed E-state index contributed by atoms with van der Waals surface area (Å²) in [5, 5.41) is 1.11. The van der Waals surface area contributed by atoms with E-state index in [0.29, 0.717) is 6.54 Å². The lowest BCUT2D eigenvalue weighted by atomic mass is 9.93. The highest BCUT2D eigenvalue weighted by Gasteiger charge is 2.40. The number of nitrogens with zero attached hydrogens (tertiary/aromatic N) is 1. The van der Waals surface area contributed by atoms with E-state index in [-0.39, 0.29) is 18.7 Å². The van der Waals surface area contributed by atoms with Crippen LogP contribution in [0.4, 0.5) is 0 Å². The summed E-state index contributed by atoms with van der Waals surface area (Å²) in [6.45, 7) is 0.676. The third-order valence-electron chi connectivity index (χ3n) is 7.00. The Bertz CT molecular complexity index is 1640. The molecule has 2 aliphatic heterocycles. The predicted molar refractivity (Wildman–Crippen MR) is 142 cm³/mol. The molecule has 1 amide bonds. The molecule has 1 atom stereocenters. The molecule has 6 heteroatoms. The number of benzene rings is 4. The Balaban J connectivity index is 1.42. The van der Waals surface area contributed by atoms with Gasteiger partial charge >= 0.3 is 0 Å². The standard InChI is InChI=1S/C30H21BrN2O3/c31-20-12-10-19(11-13-20)28-27(23-7-3-4-8-24(23)32-28)29-21-5-1-2-6-22(21)30(34)33(29)16-18-9-14-25-26(15-18)36-17-35-25/h1-15,29,32H,16-17H2/t29-/m0/s1. The lowest BCUT2D eigenvalue weighted by molar-refractivity contribution is 0.0737. The zero-order valence-electron chi connectivity index (χ0n) is 19.2. The molecule has 3 heterocycles. The van der Waals surface area contributed by atoms with Gasteiger partial charge in [0.15, 0.2) is 11.5 Å². The minimum Gasteiger partial charge on any atom is -0.454 e. The molecule has 176 valence electrons. The zero-order chi connectivity index (χ0) is 24.2. The molecule has 5 nitrogen and oxygen atoms in total. The second-order valence-electron chi connectivity index (χ2n) is 9.08. The van der Waals surface area contributed by atoms with E-state index in [2.05, 4.69) is 57.3 Å². The second kappa shape index (κ2) is 8.28.